The number of H-pyrrole nitrogens is 1. The summed E-state index contributed by atoms with van der Waals surface area (Å²) in [5.41, 5.74) is 2.22. The molecule has 7 nitrogen and oxygen atoms in total. The lowest BCUT2D eigenvalue weighted by Gasteiger charge is -2.30. The van der Waals surface area contributed by atoms with Crippen molar-refractivity contribution in [2.45, 2.75) is 25.4 Å². The van der Waals surface area contributed by atoms with E-state index in [4.69, 9.17) is 16.3 Å². The molecule has 0 saturated carbocycles. The highest BCUT2D eigenvalue weighted by atomic mass is 35.5. The first kappa shape index (κ1) is 16.8. The Morgan fingerprint density at radius 3 is 2.73 bits per heavy atom. The lowest BCUT2D eigenvalue weighted by molar-refractivity contribution is 0.0867. The number of hydrogen-bond donors (Lipinski definition) is 1. The Kier molecular flexibility index (Phi) is 4.71. The number of aromatic amines is 1. The Morgan fingerprint density at radius 2 is 2.00 bits per heavy atom. The number of hydrogen-bond acceptors (Lipinski definition) is 5. The van der Waals surface area contributed by atoms with Crippen molar-refractivity contribution < 1.29 is 9.53 Å². The predicted octanol–water partition coefficient (Wildman–Crippen LogP) is 3.52. The molecule has 1 aliphatic rings. The summed E-state index contributed by atoms with van der Waals surface area (Å²) in [5, 5.41) is 0.371. The molecule has 1 saturated heterocycles. The van der Waals surface area contributed by atoms with Gasteiger partial charge in [-0.05, 0) is 18.4 Å². The first-order chi connectivity index (χ1) is 12.7. The highest BCUT2D eigenvalue weighted by molar-refractivity contribution is 6.33. The monoisotopic (exact) mass is 371 g/mol. The van der Waals surface area contributed by atoms with E-state index in [2.05, 4.69) is 19.9 Å². The molecule has 0 bridgehead atoms. The number of ether oxygens (including phenoxy) is 1. The van der Waals surface area contributed by atoms with Crippen molar-refractivity contribution in [2.24, 2.45) is 0 Å². The summed E-state index contributed by atoms with van der Waals surface area (Å²) in [6.07, 6.45) is 2.75. The Labute approximate surface area is 155 Å². The third-order valence-electron chi connectivity index (χ3n) is 4.61. The number of carbonyl (C=O) groups excluding carboxylic acids is 1. The first-order valence-corrected chi connectivity index (χ1v) is 8.90. The van der Waals surface area contributed by atoms with E-state index in [1.54, 1.807) is 4.90 Å². The zero-order valence-electron chi connectivity index (χ0n) is 14.1. The van der Waals surface area contributed by atoms with Gasteiger partial charge >= 0.3 is 6.09 Å². The standard InChI is InChI=1S/C18H18ClN5O2/c19-15-14-17(21-11-20-15)23-16(22-14)13-6-8-24(9-7-13)18(25)26-10-12-4-2-1-3-5-12/h1-5,11,13H,6-10H2,(H,20,21,22,23). The lowest BCUT2D eigenvalue weighted by Crippen LogP contribution is -2.38. The van der Waals surface area contributed by atoms with Gasteiger partial charge in [-0.2, -0.15) is 0 Å². The molecule has 0 radical (unpaired) electrons. The van der Waals surface area contributed by atoms with Gasteiger partial charge in [0.15, 0.2) is 10.8 Å². The number of halogens is 1. The van der Waals surface area contributed by atoms with Crippen molar-refractivity contribution in [2.75, 3.05) is 13.1 Å². The quantitative estimate of drug-likeness (QED) is 0.712. The van der Waals surface area contributed by atoms with E-state index in [0.717, 1.165) is 24.2 Å². The molecule has 0 unspecified atom stereocenters. The maximum atomic E-state index is 12.2. The molecular weight excluding hydrogens is 354 g/mol. The van der Waals surface area contributed by atoms with Gasteiger partial charge in [0.25, 0.3) is 0 Å². The Morgan fingerprint density at radius 1 is 1.23 bits per heavy atom. The summed E-state index contributed by atoms with van der Waals surface area (Å²) >= 11 is 6.07. The molecule has 2 aromatic heterocycles. The van der Waals surface area contributed by atoms with Crippen LogP contribution in [0.3, 0.4) is 0 Å². The largest absolute Gasteiger partial charge is 0.445 e. The molecule has 8 heteroatoms. The SMILES string of the molecule is O=C(OCc1ccccc1)N1CCC(c2nc3ncnc(Cl)c3[nH]2)CC1. The number of likely N-dealkylation sites (tertiary alicyclic amines) is 1. The van der Waals surface area contributed by atoms with Crippen molar-refractivity contribution in [1.82, 2.24) is 24.8 Å². The molecule has 134 valence electrons. The van der Waals surface area contributed by atoms with Crippen molar-refractivity contribution in [3.8, 4) is 0 Å². The number of benzene rings is 1. The van der Waals surface area contributed by atoms with Crippen LogP contribution in [-0.2, 0) is 11.3 Å². The van der Waals surface area contributed by atoms with Gasteiger partial charge in [-0.1, -0.05) is 41.9 Å². The van der Waals surface area contributed by atoms with Gasteiger partial charge in [0, 0.05) is 19.0 Å². The maximum absolute atomic E-state index is 12.2. The zero-order valence-corrected chi connectivity index (χ0v) is 14.8. The van der Waals surface area contributed by atoms with Crippen molar-refractivity contribution in [3.63, 3.8) is 0 Å². The first-order valence-electron chi connectivity index (χ1n) is 8.52. The van der Waals surface area contributed by atoms with Crippen LogP contribution in [0.15, 0.2) is 36.7 Å². The second kappa shape index (κ2) is 7.29. The van der Waals surface area contributed by atoms with Crippen molar-refractivity contribution in [1.29, 1.82) is 0 Å². The summed E-state index contributed by atoms with van der Waals surface area (Å²) < 4.78 is 5.40. The summed E-state index contributed by atoms with van der Waals surface area (Å²) in [6, 6.07) is 9.68. The van der Waals surface area contributed by atoms with Crippen LogP contribution in [0.1, 0.15) is 30.1 Å². The molecule has 0 aliphatic carbocycles. The van der Waals surface area contributed by atoms with E-state index < -0.39 is 0 Å². The minimum Gasteiger partial charge on any atom is -0.445 e. The zero-order chi connectivity index (χ0) is 17.9. The van der Waals surface area contributed by atoms with Crippen LogP contribution in [0.25, 0.3) is 11.2 Å². The Hall–Kier alpha value is -2.67. The highest BCUT2D eigenvalue weighted by Gasteiger charge is 2.27. The van der Waals surface area contributed by atoms with Crippen LogP contribution in [0.2, 0.25) is 5.15 Å². The van der Waals surface area contributed by atoms with Gasteiger partial charge in [0.2, 0.25) is 0 Å². The van der Waals surface area contributed by atoms with Crippen LogP contribution >= 0.6 is 11.6 Å². The fourth-order valence-corrected chi connectivity index (χ4v) is 3.33. The van der Waals surface area contributed by atoms with Gasteiger partial charge in [-0.25, -0.2) is 19.7 Å². The molecule has 4 rings (SSSR count). The van der Waals surface area contributed by atoms with Gasteiger partial charge in [0.1, 0.15) is 24.3 Å². The molecule has 1 aromatic carbocycles. The number of fused-ring (bicyclic) bond motifs is 1. The van der Waals surface area contributed by atoms with Crippen LogP contribution in [0.5, 0.6) is 0 Å². The molecule has 1 N–H and O–H groups in total. The third-order valence-corrected chi connectivity index (χ3v) is 4.89. The normalized spacial score (nSPS) is 15.3. The summed E-state index contributed by atoms with van der Waals surface area (Å²) in [5.74, 6) is 1.08. The van der Waals surface area contributed by atoms with Gasteiger partial charge in [-0.15, -0.1) is 0 Å². The summed E-state index contributed by atoms with van der Waals surface area (Å²) in [6.45, 7) is 1.56. The summed E-state index contributed by atoms with van der Waals surface area (Å²) in [7, 11) is 0. The van der Waals surface area contributed by atoms with Gasteiger partial charge in [0.05, 0.1) is 0 Å². The van der Waals surface area contributed by atoms with Crippen molar-refractivity contribution in [3.05, 3.63) is 53.2 Å². The number of imidazole rings is 1. The number of aromatic nitrogens is 4. The highest BCUT2D eigenvalue weighted by Crippen LogP contribution is 2.28. The van der Waals surface area contributed by atoms with Crippen LogP contribution in [0.4, 0.5) is 4.79 Å². The summed E-state index contributed by atoms with van der Waals surface area (Å²) in [4.78, 5) is 29.8. The smallest absolute Gasteiger partial charge is 0.410 e. The fourth-order valence-electron chi connectivity index (χ4n) is 3.16. The average Bonchev–Trinajstić information content (AvgIpc) is 3.13. The molecule has 3 heterocycles. The fraction of sp³-hybridized carbons (Fsp3) is 0.333. The molecule has 3 aromatic rings. The van der Waals surface area contributed by atoms with Gasteiger partial charge < -0.3 is 14.6 Å². The lowest BCUT2D eigenvalue weighted by atomic mass is 9.96. The predicted molar refractivity (Wildman–Crippen MR) is 96.9 cm³/mol. The van der Waals surface area contributed by atoms with E-state index in [-0.39, 0.29) is 12.0 Å². The van der Waals surface area contributed by atoms with Crippen LogP contribution in [-0.4, -0.2) is 44.0 Å². The Balaban J connectivity index is 1.34. The van der Waals surface area contributed by atoms with E-state index in [1.165, 1.54) is 6.33 Å². The van der Waals surface area contributed by atoms with Crippen LogP contribution in [0, 0.1) is 0 Å². The molecule has 1 aliphatic heterocycles. The molecular formula is C18H18ClN5O2. The minimum atomic E-state index is -0.272. The Bertz CT molecular complexity index is 906. The number of piperidine rings is 1. The second-order valence-corrected chi connectivity index (χ2v) is 6.64. The van der Waals surface area contributed by atoms with E-state index in [9.17, 15) is 4.79 Å². The maximum Gasteiger partial charge on any atom is 0.410 e. The molecule has 1 fully saturated rings. The molecule has 1 amide bonds. The number of amides is 1. The molecule has 26 heavy (non-hydrogen) atoms. The minimum absolute atomic E-state index is 0.235. The van der Waals surface area contributed by atoms with E-state index in [1.807, 2.05) is 30.3 Å². The average molecular weight is 372 g/mol. The number of nitrogens with one attached hydrogen (secondary N) is 1. The third kappa shape index (κ3) is 3.48. The van der Waals surface area contributed by atoms with Gasteiger partial charge in [-0.3, -0.25) is 0 Å². The van der Waals surface area contributed by atoms with Crippen molar-refractivity contribution >= 4 is 28.9 Å². The van der Waals surface area contributed by atoms with E-state index in [0.29, 0.717) is 36.0 Å². The molecule has 0 atom stereocenters. The van der Waals surface area contributed by atoms with Crippen LogP contribution < -0.4 is 0 Å². The number of carbonyl (C=O) groups is 1. The topological polar surface area (TPSA) is 84.0 Å². The van der Waals surface area contributed by atoms with E-state index >= 15 is 0 Å². The molecule has 0 spiro atoms. The number of rotatable bonds is 3. The number of nitrogens with zero attached hydrogens (tertiary/aromatic N) is 4. The second-order valence-electron chi connectivity index (χ2n) is 6.29.